The van der Waals surface area contributed by atoms with Gasteiger partial charge in [0.2, 0.25) is 11.8 Å². The minimum absolute atomic E-state index is 0.170. The van der Waals surface area contributed by atoms with E-state index in [4.69, 9.17) is 5.73 Å². The summed E-state index contributed by atoms with van der Waals surface area (Å²) < 4.78 is 38.6. The number of aliphatic hydroxyl groups is 1. The Morgan fingerprint density at radius 3 is 2.22 bits per heavy atom. The molecule has 0 radical (unpaired) electrons. The Morgan fingerprint density at radius 1 is 1.02 bits per heavy atom. The third-order valence-corrected chi connectivity index (χ3v) is 7.99. The molecule has 0 fully saturated rings. The number of rotatable bonds is 14. The van der Waals surface area contributed by atoms with Crippen LogP contribution in [-0.2, 0) is 28.7 Å². The van der Waals surface area contributed by atoms with Gasteiger partial charge < -0.3 is 21.1 Å². The first-order chi connectivity index (χ1) is 19.5. The molecule has 224 valence electrons. The molecule has 1 aliphatic carbocycles. The van der Waals surface area contributed by atoms with E-state index >= 15 is 0 Å². The number of allylic oxidation sites excluding steroid dienone is 1. The number of nitrogens with zero attached hydrogens (tertiary/aromatic N) is 1. The second-order valence-corrected chi connectivity index (χ2v) is 11.0. The van der Waals surface area contributed by atoms with Crippen molar-refractivity contribution in [1.82, 2.24) is 10.2 Å². The van der Waals surface area contributed by atoms with Gasteiger partial charge in [-0.2, -0.15) is 13.2 Å². The highest BCUT2D eigenvalue weighted by Gasteiger charge is 2.58. The first-order valence-corrected chi connectivity index (χ1v) is 14.4. The van der Waals surface area contributed by atoms with Gasteiger partial charge in [-0.05, 0) is 68.3 Å². The summed E-state index contributed by atoms with van der Waals surface area (Å²) in [6.45, 7) is 5.90. The van der Waals surface area contributed by atoms with Gasteiger partial charge >= 0.3 is 6.18 Å². The maximum absolute atomic E-state index is 14.2. The van der Waals surface area contributed by atoms with Crippen LogP contribution in [0.25, 0.3) is 0 Å². The maximum Gasteiger partial charge on any atom is 0.416 e. The molecule has 0 saturated heterocycles. The van der Waals surface area contributed by atoms with Crippen molar-refractivity contribution < 1.29 is 27.9 Å². The van der Waals surface area contributed by atoms with E-state index in [1.807, 2.05) is 50.3 Å². The molecule has 9 heteroatoms. The number of nitrogens with one attached hydrogen (secondary N) is 1. The van der Waals surface area contributed by atoms with Gasteiger partial charge in [-0.25, -0.2) is 0 Å². The van der Waals surface area contributed by atoms with Crippen molar-refractivity contribution >= 4 is 11.8 Å². The molecule has 0 aliphatic heterocycles. The van der Waals surface area contributed by atoms with E-state index in [-0.39, 0.29) is 18.7 Å². The second kappa shape index (κ2) is 14.1. The zero-order valence-electron chi connectivity index (χ0n) is 23.9. The number of nitrogens with two attached hydrogens (primary N) is 1. The summed E-state index contributed by atoms with van der Waals surface area (Å²) in [6, 6.07) is 14.3. The van der Waals surface area contributed by atoms with E-state index in [0.29, 0.717) is 44.6 Å². The monoisotopic (exact) mass is 573 g/mol. The zero-order chi connectivity index (χ0) is 30.1. The van der Waals surface area contributed by atoms with Crippen LogP contribution in [0.5, 0.6) is 0 Å². The Balaban J connectivity index is 1.83. The van der Waals surface area contributed by atoms with E-state index in [0.717, 1.165) is 30.5 Å². The Hall–Kier alpha value is -3.17. The van der Waals surface area contributed by atoms with Crippen molar-refractivity contribution in [3.05, 3.63) is 83.4 Å². The van der Waals surface area contributed by atoms with Crippen molar-refractivity contribution in [2.75, 3.05) is 19.6 Å². The van der Waals surface area contributed by atoms with Gasteiger partial charge in [0.25, 0.3) is 0 Å². The van der Waals surface area contributed by atoms with Gasteiger partial charge in [-0.3, -0.25) is 9.59 Å². The smallest absolute Gasteiger partial charge is 0.391 e. The van der Waals surface area contributed by atoms with Crippen molar-refractivity contribution in [3.63, 3.8) is 0 Å². The molecular weight excluding hydrogens is 531 g/mol. The van der Waals surface area contributed by atoms with Crippen molar-refractivity contribution in [2.45, 2.75) is 71.2 Å². The van der Waals surface area contributed by atoms with Gasteiger partial charge in [-0.15, -0.1) is 0 Å². The number of carbonyl (C=O) groups excluding carboxylic acids is 2. The predicted molar refractivity (Wildman–Crippen MR) is 154 cm³/mol. The van der Waals surface area contributed by atoms with Gasteiger partial charge in [-0.1, -0.05) is 68.5 Å². The Morgan fingerprint density at radius 2 is 1.66 bits per heavy atom. The number of primary amides is 1. The standard InChI is InChI=1S/C32H42F3N3O3/c1-3-20-38(21-4-2)29(41)30(18-9-19-37-23-25-12-14-26(15-13-25)32(33,34)35)16-8-17-31(27(30)39,28(36)40)22-24-10-6-5-7-11-24/h5-8,10-15,17,27,37,39H,3-4,9,16,18-23H2,1-2H3,(H2,36,40)/t27-,30?,31-/m1/s1. The maximum atomic E-state index is 14.2. The highest BCUT2D eigenvalue weighted by atomic mass is 19.4. The molecule has 0 heterocycles. The molecule has 6 nitrogen and oxygen atoms in total. The average Bonchev–Trinajstić information content (AvgIpc) is 2.94. The molecular formula is C32H42F3N3O3. The predicted octanol–water partition coefficient (Wildman–Crippen LogP) is 5.25. The highest BCUT2D eigenvalue weighted by Crippen LogP contribution is 2.48. The summed E-state index contributed by atoms with van der Waals surface area (Å²) >= 11 is 0. The van der Waals surface area contributed by atoms with E-state index in [9.17, 15) is 27.9 Å². The van der Waals surface area contributed by atoms with E-state index in [2.05, 4.69) is 5.32 Å². The Bertz CT molecular complexity index is 1160. The lowest BCUT2D eigenvalue weighted by molar-refractivity contribution is -0.162. The zero-order valence-corrected chi connectivity index (χ0v) is 23.9. The number of carbonyl (C=O) groups is 2. The van der Waals surface area contributed by atoms with Crippen LogP contribution < -0.4 is 11.1 Å². The second-order valence-electron chi connectivity index (χ2n) is 11.0. The summed E-state index contributed by atoms with van der Waals surface area (Å²) in [4.78, 5) is 29.1. The molecule has 0 spiro atoms. The van der Waals surface area contributed by atoms with E-state index in [1.54, 1.807) is 11.0 Å². The van der Waals surface area contributed by atoms with Crippen LogP contribution in [0.1, 0.15) is 62.6 Å². The number of benzene rings is 2. The molecule has 3 atom stereocenters. The minimum atomic E-state index is -4.38. The number of aliphatic hydroxyl groups excluding tert-OH is 1. The first kappa shape index (κ1) is 32.3. The third kappa shape index (κ3) is 7.57. The lowest BCUT2D eigenvalue weighted by Gasteiger charge is -2.49. The number of alkyl halides is 3. The summed E-state index contributed by atoms with van der Waals surface area (Å²) in [5.74, 6) is -0.862. The summed E-state index contributed by atoms with van der Waals surface area (Å²) in [5, 5.41) is 15.3. The molecule has 1 unspecified atom stereocenters. The summed E-state index contributed by atoms with van der Waals surface area (Å²) in [7, 11) is 0. The molecule has 2 amide bonds. The molecule has 0 saturated carbocycles. The number of hydrogen-bond donors (Lipinski definition) is 3. The van der Waals surface area contributed by atoms with Crippen LogP contribution in [0.2, 0.25) is 0 Å². The van der Waals surface area contributed by atoms with Gasteiger partial charge in [0.1, 0.15) is 0 Å². The third-order valence-electron chi connectivity index (χ3n) is 7.99. The number of hydrogen-bond acceptors (Lipinski definition) is 4. The normalized spacial score (nSPS) is 22.4. The molecule has 4 N–H and O–H groups in total. The lowest BCUT2D eigenvalue weighted by atomic mass is 9.58. The van der Waals surface area contributed by atoms with Crippen LogP contribution >= 0.6 is 0 Å². The average molecular weight is 574 g/mol. The van der Waals surface area contributed by atoms with Gasteiger partial charge in [0.15, 0.2) is 0 Å². The van der Waals surface area contributed by atoms with Crippen molar-refractivity contribution in [1.29, 1.82) is 0 Å². The molecule has 2 aromatic carbocycles. The van der Waals surface area contributed by atoms with Crippen LogP contribution in [0, 0.1) is 10.8 Å². The topological polar surface area (TPSA) is 95.7 Å². The van der Waals surface area contributed by atoms with E-state index < -0.39 is 34.6 Å². The SMILES string of the molecule is CCCN(CCC)C(=O)C1(CCCNCc2ccc(C(F)(F)F)cc2)CC=C[C@](Cc2ccccc2)(C(N)=O)[C@@H]1O. The van der Waals surface area contributed by atoms with Crippen LogP contribution in [0.3, 0.4) is 0 Å². The number of amides is 2. The summed E-state index contributed by atoms with van der Waals surface area (Å²) in [5.41, 5.74) is 4.11. The highest BCUT2D eigenvalue weighted by molar-refractivity contribution is 5.89. The molecule has 0 aromatic heterocycles. The fourth-order valence-electron chi connectivity index (χ4n) is 5.86. The molecule has 2 aromatic rings. The molecule has 3 rings (SSSR count). The van der Waals surface area contributed by atoms with Crippen LogP contribution in [0.4, 0.5) is 13.2 Å². The fraction of sp³-hybridized carbons (Fsp3) is 0.500. The molecule has 1 aliphatic rings. The fourth-order valence-corrected chi connectivity index (χ4v) is 5.86. The van der Waals surface area contributed by atoms with Crippen molar-refractivity contribution in [2.24, 2.45) is 16.6 Å². The largest absolute Gasteiger partial charge is 0.416 e. The first-order valence-electron chi connectivity index (χ1n) is 14.4. The summed E-state index contributed by atoms with van der Waals surface area (Å²) in [6.07, 6.45) is 0.539. The lowest BCUT2D eigenvalue weighted by Crippen LogP contribution is -2.61. The van der Waals surface area contributed by atoms with Crippen molar-refractivity contribution in [3.8, 4) is 0 Å². The Kier molecular flexibility index (Phi) is 11.2. The van der Waals surface area contributed by atoms with Crippen LogP contribution in [-0.4, -0.2) is 47.6 Å². The molecule has 0 bridgehead atoms. The quantitative estimate of drug-likeness (QED) is 0.213. The van der Waals surface area contributed by atoms with Gasteiger partial charge in [0.05, 0.1) is 22.5 Å². The van der Waals surface area contributed by atoms with E-state index in [1.165, 1.54) is 12.1 Å². The number of halogens is 3. The van der Waals surface area contributed by atoms with Gasteiger partial charge in [0, 0.05) is 19.6 Å². The Labute approximate surface area is 240 Å². The minimum Gasteiger partial charge on any atom is -0.391 e. The van der Waals surface area contributed by atoms with Crippen LogP contribution in [0.15, 0.2) is 66.7 Å². The molecule has 41 heavy (non-hydrogen) atoms.